The molecular formula is C11H15NO4. The lowest BCUT2D eigenvalue weighted by atomic mass is 10.1. The zero-order chi connectivity index (χ0) is 12.0. The molecule has 0 aliphatic rings. The quantitative estimate of drug-likeness (QED) is 0.771. The first kappa shape index (κ1) is 12.3. The molecule has 0 fully saturated rings. The van der Waals surface area contributed by atoms with Crippen molar-refractivity contribution >= 4 is 11.9 Å². The highest BCUT2D eigenvalue weighted by Gasteiger charge is 2.11. The zero-order valence-electron chi connectivity index (χ0n) is 9.10. The van der Waals surface area contributed by atoms with Crippen LogP contribution in [0.4, 0.5) is 0 Å². The van der Waals surface area contributed by atoms with Gasteiger partial charge in [0.1, 0.15) is 0 Å². The highest BCUT2D eigenvalue weighted by Crippen LogP contribution is 2.04. The summed E-state index contributed by atoms with van der Waals surface area (Å²) in [7, 11) is 0. The van der Waals surface area contributed by atoms with Gasteiger partial charge >= 0.3 is 5.97 Å². The van der Waals surface area contributed by atoms with Crippen LogP contribution in [-0.4, -0.2) is 23.0 Å². The third-order valence-electron chi connectivity index (χ3n) is 2.15. The van der Waals surface area contributed by atoms with E-state index in [4.69, 9.17) is 9.52 Å². The van der Waals surface area contributed by atoms with E-state index < -0.39 is 5.97 Å². The molecule has 0 aliphatic heterocycles. The second-order valence-corrected chi connectivity index (χ2v) is 3.64. The van der Waals surface area contributed by atoms with Crippen LogP contribution < -0.4 is 5.32 Å². The number of nitrogens with one attached hydrogen (secondary N) is 1. The van der Waals surface area contributed by atoms with E-state index in [9.17, 15) is 9.59 Å². The molecule has 0 radical (unpaired) electrons. The number of aliphatic carboxylic acids is 1. The van der Waals surface area contributed by atoms with Gasteiger partial charge in [0.2, 0.25) is 0 Å². The van der Waals surface area contributed by atoms with Crippen LogP contribution in [-0.2, 0) is 4.79 Å². The minimum Gasteiger partial charge on any atom is -0.481 e. The van der Waals surface area contributed by atoms with E-state index in [-0.39, 0.29) is 24.1 Å². The predicted octanol–water partition coefficient (Wildman–Crippen LogP) is 1.65. The number of carbonyl (C=O) groups is 2. The van der Waals surface area contributed by atoms with E-state index >= 15 is 0 Å². The number of carbonyl (C=O) groups excluding carboxylic acids is 1. The standard InChI is InChI=1S/C11H15NO4/c1-8(4-2-6-10(13)14)12-11(15)9-5-3-7-16-9/h3,5,7-8H,2,4,6H2,1H3,(H,12,15)(H,13,14). The molecular weight excluding hydrogens is 210 g/mol. The lowest BCUT2D eigenvalue weighted by molar-refractivity contribution is -0.137. The number of amides is 1. The number of furan rings is 1. The Balaban J connectivity index is 2.26. The fourth-order valence-electron chi connectivity index (χ4n) is 1.33. The van der Waals surface area contributed by atoms with E-state index in [0.717, 1.165) is 0 Å². The van der Waals surface area contributed by atoms with Crippen molar-refractivity contribution in [2.24, 2.45) is 0 Å². The van der Waals surface area contributed by atoms with Crippen molar-refractivity contribution in [1.82, 2.24) is 5.32 Å². The van der Waals surface area contributed by atoms with Crippen LogP contribution in [0.5, 0.6) is 0 Å². The molecule has 88 valence electrons. The summed E-state index contributed by atoms with van der Waals surface area (Å²) in [6.07, 6.45) is 2.75. The third kappa shape index (κ3) is 4.16. The lowest BCUT2D eigenvalue weighted by Gasteiger charge is -2.11. The molecule has 1 amide bonds. The molecule has 2 N–H and O–H groups in total. The fraction of sp³-hybridized carbons (Fsp3) is 0.455. The average Bonchev–Trinajstić information content (AvgIpc) is 2.69. The summed E-state index contributed by atoms with van der Waals surface area (Å²) in [6.45, 7) is 1.84. The van der Waals surface area contributed by atoms with Gasteiger partial charge in [-0.1, -0.05) is 0 Å². The normalized spacial score (nSPS) is 12.1. The first-order valence-corrected chi connectivity index (χ1v) is 5.15. The van der Waals surface area contributed by atoms with Gasteiger partial charge in [-0.25, -0.2) is 0 Å². The van der Waals surface area contributed by atoms with Crippen LogP contribution in [0.25, 0.3) is 0 Å². The molecule has 1 unspecified atom stereocenters. The topological polar surface area (TPSA) is 79.5 Å². The van der Waals surface area contributed by atoms with Gasteiger partial charge in [-0.2, -0.15) is 0 Å². The summed E-state index contributed by atoms with van der Waals surface area (Å²) in [5, 5.41) is 11.2. The molecule has 0 spiro atoms. The Morgan fingerprint density at radius 1 is 1.56 bits per heavy atom. The number of carboxylic acids is 1. The van der Waals surface area contributed by atoms with E-state index in [2.05, 4.69) is 5.32 Å². The minimum absolute atomic E-state index is 0.0584. The minimum atomic E-state index is -0.815. The van der Waals surface area contributed by atoms with E-state index in [1.54, 1.807) is 12.1 Å². The van der Waals surface area contributed by atoms with Crippen molar-refractivity contribution in [1.29, 1.82) is 0 Å². The second kappa shape index (κ2) is 5.95. The molecule has 0 saturated carbocycles. The zero-order valence-corrected chi connectivity index (χ0v) is 9.10. The summed E-state index contributed by atoms with van der Waals surface area (Å²) >= 11 is 0. The smallest absolute Gasteiger partial charge is 0.303 e. The van der Waals surface area contributed by atoms with Gasteiger partial charge in [-0.05, 0) is 31.9 Å². The van der Waals surface area contributed by atoms with Gasteiger partial charge in [0.05, 0.1) is 6.26 Å². The molecule has 1 atom stereocenters. The van der Waals surface area contributed by atoms with Crippen LogP contribution in [0.2, 0.25) is 0 Å². The summed E-state index contributed by atoms with van der Waals surface area (Å²) in [5.74, 6) is -0.817. The molecule has 5 nitrogen and oxygen atoms in total. The molecule has 1 aromatic rings. The second-order valence-electron chi connectivity index (χ2n) is 3.64. The maximum atomic E-state index is 11.5. The monoisotopic (exact) mass is 225 g/mol. The number of carboxylic acid groups (broad SMARTS) is 1. The van der Waals surface area contributed by atoms with Gasteiger partial charge < -0.3 is 14.8 Å². The highest BCUT2D eigenvalue weighted by molar-refractivity contribution is 5.91. The SMILES string of the molecule is CC(CCCC(=O)O)NC(=O)c1ccco1. The van der Waals surface area contributed by atoms with Crippen molar-refractivity contribution in [3.8, 4) is 0 Å². The van der Waals surface area contributed by atoms with Crippen molar-refractivity contribution in [3.05, 3.63) is 24.2 Å². The highest BCUT2D eigenvalue weighted by atomic mass is 16.4. The Labute approximate surface area is 93.4 Å². The van der Waals surface area contributed by atoms with Gasteiger partial charge in [0.25, 0.3) is 5.91 Å². The Hall–Kier alpha value is -1.78. The summed E-state index contributed by atoms with van der Waals surface area (Å²) in [6, 6.07) is 3.17. The van der Waals surface area contributed by atoms with Crippen LogP contribution in [0, 0.1) is 0 Å². The third-order valence-corrected chi connectivity index (χ3v) is 2.15. The van der Waals surface area contributed by atoms with Crippen LogP contribution in [0.1, 0.15) is 36.7 Å². The van der Waals surface area contributed by atoms with Crippen molar-refractivity contribution < 1.29 is 19.1 Å². The molecule has 0 aliphatic carbocycles. The van der Waals surface area contributed by atoms with Crippen LogP contribution in [0.3, 0.4) is 0 Å². The Morgan fingerprint density at radius 2 is 2.31 bits per heavy atom. The van der Waals surface area contributed by atoms with Gasteiger partial charge in [-0.15, -0.1) is 0 Å². The summed E-state index contributed by atoms with van der Waals surface area (Å²) < 4.78 is 4.93. The molecule has 0 aromatic carbocycles. The number of rotatable bonds is 6. The van der Waals surface area contributed by atoms with Crippen molar-refractivity contribution in [3.63, 3.8) is 0 Å². The van der Waals surface area contributed by atoms with E-state index in [1.807, 2.05) is 6.92 Å². The van der Waals surface area contributed by atoms with Crippen molar-refractivity contribution in [2.75, 3.05) is 0 Å². The summed E-state index contributed by atoms with van der Waals surface area (Å²) in [5.41, 5.74) is 0. The molecule has 5 heteroatoms. The first-order chi connectivity index (χ1) is 7.59. The molecule has 1 aromatic heterocycles. The Bertz CT molecular complexity index is 345. The van der Waals surface area contributed by atoms with E-state index in [0.29, 0.717) is 12.8 Å². The maximum Gasteiger partial charge on any atom is 0.303 e. The largest absolute Gasteiger partial charge is 0.481 e. The number of hydrogen-bond acceptors (Lipinski definition) is 3. The Morgan fingerprint density at radius 3 is 2.88 bits per heavy atom. The summed E-state index contributed by atoms with van der Waals surface area (Å²) in [4.78, 5) is 21.8. The van der Waals surface area contributed by atoms with Crippen LogP contribution >= 0.6 is 0 Å². The van der Waals surface area contributed by atoms with E-state index in [1.165, 1.54) is 6.26 Å². The Kier molecular flexibility index (Phi) is 4.57. The molecule has 1 heterocycles. The van der Waals surface area contributed by atoms with Gasteiger partial charge in [0, 0.05) is 12.5 Å². The van der Waals surface area contributed by atoms with Gasteiger partial charge in [-0.3, -0.25) is 9.59 Å². The number of hydrogen-bond donors (Lipinski definition) is 2. The van der Waals surface area contributed by atoms with Crippen LogP contribution in [0.15, 0.2) is 22.8 Å². The predicted molar refractivity (Wildman–Crippen MR) is 57.1 cm³/mol. The molecule has 0 saturated heterocycles. The first-order valence-electron chi connectivity index (χ1n) is 5.15. The average molecular weight is 225 g/mol. The lowest BCUT2D eigenvalue weighted by Crippen LogP contribution is -2.32. The molecule has 16 heavy (non-hydrogen) atoms. The van der Waals surface area contributed by atoms with Crippen molar-refractivity contribution in [2.45, 2.75) is 32.2 Å². The maximum absolute atomic E-state index is 11.5. The molecule has 0 bridgehead atoms. The fourth-order valence-corrected chi connectivity index (χ4v) is 1.33. The van der Waals surface area contributed by atoms with Gasteiger partial charge in [0.15, 0.2) is 5.76 Å². The molecule has 1 rings (SSSR count).